The summed E-state index contributed by atoms with van der Waals surface area (Å²) in [6.45, 7) is 36.0. The molecule has 446 valence electrons. The van der Waals surface area contributed by atoms with Gasteiger partial charge in [0.25, 0.3) is 6.26 Å². The molecule has 2 aromatic rings. The van der Waals surface area contributed by atoms with E-state index in [9.17, 15) is 14.4 Å². The number of amides is 3. The Labute approximate surface area is 477 Å². The summed E-state index contributed by atoms with van der Waals surface area (Å²) in [5.74, 6) is 0. The van der Waals surface area contributed by atoms with Crippen molar-refractivity contribution in [1.29, 1.82) is 5.26 Å². The molecule has 3 amide bonds. The number of aliphatic hydroxyl groups excluding tert-OH is 1. The number of benzene rings is 2. The number of aliphatic hydroxyl groups is 1. The Morgan fingerprint density at radius 3 is 1.04 bits per heavy atom. The molecule has 0 radical (unpaired) electrons. The van der Waals surface area contributed by atoms with Crippen LogP contribution in [0.25, 0.3) is 0 Å². The van der Waals surface area contributed by atoms with Crippen LogP contribution in [0.15, 0.2) is 48.5 Å². The number of rotatable bonds is 14. The lowest BCUT2D eigenvalue weighted by molar-refractivity contribution is -0.0683. The highest BCUT2D eigenvalue weighted by molar-refractivity contribution is 5.85. The molecular formula is C63H106N8O8. The molecule has 4 fully saturated rings. The number of piperidine rings is 4. The third-order valence-electron chi connectivity index (χ3n) is 18.3. The molecule has 79 heavy (non-hydrogen) atoms. The van der Waals surface area contributed by atoms with Gasteiger partial charge in [0, 0.05) is 120 Å². The number of hydrogen-bond acceptors (Lipinski definition) is 13. The Morgan fingerprint density at radius 2 is 0.747 bits per heavy atom. The molecule has 4 N–H and O–H groups in total. The SMILES string of the molecule is CN1C(C)(C)CC(OC#N)CC1(C)C.CN1C(C)(C)CC(OC(=O)NCCCCCCO)CC1(C)C.CN1C(C)(C)CC(OC(=O)Nc2ccc(Cc3ccc(NC(=O)OC4CC(C)(C)N(C)C(C)(C)C4)cc3)cc2)CC1(C)C. The van der Waals surface area contributed by atoms with Gasteiger partial charge in [0.2, 0.25) is 0 Å². The minimum absolute atomic E-state index is 0.0248. The fraction of sp³-hybridized carbons (Fsp3) is 0.746. The minimum atomic E-state index is -0.418. The van der Waals surface area contributed by atoms with Crippen molar-refractivity contribution >= 4 is 29.7 Å². The standard InChI is InChI=1S/C35H52N4O4.C17H34N2O3.C11H20N2O/c1-32(2)20-28(21-33(3,4)38(32)9)42-30(40)36-26-15-11-24(12-16-26)19-25-13-17-27(18-14-25)37-31(41)43-29-22-34(5,6)39(10)35(7,8)23-29;1-16(2)12-14(13-17(3,4)19(16)5)22-15(21)18-10-8-6-7-9-11-20;1-10(2)6-9(14-8-12)7-11(3,4)13(10)5/h11-18,28-29H,19-23H2,1-10H3,(H,36,40)(H,37,41);14,20H,6-13H2,1-5H3,(H,18,21);9H,6-7H2,1-5H3. The first-order valence-corrected chi connectivity index (χ1v) is 29.0. The number of alkyl carbamates (subject to hydrolysis) is 1. The van der Waals surface area contributed by atoms with E-state index >= 15 is 0 Å². The van der Waals surface area contributed by atoms with Crippen molar-refractivity contribution in [2.24, 2.45) is 0 Å². The fourth-order valence-electron chi connectivity index (χ4n) is 12.7. The summed E-state index contributed by atoms with van der Waals surface area (Å²) in [4.78, 5) is 46.7. The van der Waals surface area contributed by atoms with Crippen LogP contribution in [0.5, 0.6) is 0 Å². The van der Waals surface area contributed by atoms with Gasteiger partial charge in [-0.25, -0.2) is 14.4 Å². The van der Waals surface area contributed by atoms with Crippen molar-refractivity contribution in [1.82, 2.24) is 24.9 Å². The van der Waals surface area contributed by atoms with Gasteiger partial charge in [0.15, 0.2) is 0 Å². The second kappa shape index (κ2) is 26.9. The molecule has 0 bridgehead atoms. The summed E-state index contributed by atoms with van der Waals surface area (Å²) in [5.41, 5.74) is 3.70. The van der Waals surface area contributed by atoms with E-state index in [1.54, 1.807) is 0 Å². The van der Waals surface area contributed by atoms with Crippen LogP contribution in [0.4, 0.5) is 25.8 Å². The topological polar surface area (TPSA) is 181 Å². The van der Waals surface area contributed by atoms with Gasteiger partial charge in [-0.3, -0.25) is 30.2 Å². The number of nitrogens with one attached hydrogen (secondary N) is 3. The monoisotopic (exact) mass is 1100 g/mol. The van der Waals surface area contributed by atoms with Crippen LogP contribution < -0.4 is 16.0 Å². The van der Waals surface area contributed by atoms with Gasteiger partial charge in [-0.1, -0.05) is 37.1 Å². The van der Waals surface area contributed by atoms with Crippen LogP contribution in [-0.4, -0.2) is 153 Å². The maximum atomic E-state index is 12.7. The van der Waals surface area contributed by atoms with Crippen molar-refractivity contribution in [3.05, 3.63) is 59.7 Å². The second-order valence-electron chi connectivity index (χ2n) is 28.2. The van der Waals surface area contributed by atoms with Crippen molar-refractivity contribution < 1.29 is 38.4 Å². The number of unbranched alkanes of at least 4 members (excludes halogenated alkanes) is 3. The summed E-state index contributed by atoms with van der Waals surface area (Å²) < 4.78 is 22.4. The van der Waals surface area contributed by atoms with Crippen LogP contribution in [-0.2, 0) is 25.4 Å². The average molecular weight is 1100 g/mol. The minimum Gasteiger partial charge on any atom is -0.446 e. The molecule has 0 unspecified atom stereocenters. The van der Waals surface area contributed by atoms with E-state index in [4.69, 9.17) is 29.3 Å². The number of nitrogens with zero attached hydrogens (tertiary/aromatic N) is 5. The molecule has 0 aromatic heterocycles. The first-order chi connectivity index (χ1) is 36.3. The average Bonchev–Trinajstić information content (AvgIpc) is 3.31. The molecule has 0 saturated carbocycles. The van der Waals surface area contributed by atoms with Gasteiger partial charge in [-0.2, -0.15) is 5.26 Å². The molecule has 0 aliphatic carbocycles. The highest BCUT2D eigenvalue weighted by Crippen LogP contribution is 2.41. The molecular weight excluding hydrogens is 997 g/mol. The molecule has 4 aliphatic heterocycles. The van der Waals surface area contributed by atoms with Gasteiger partial charge in [-0.15, -0.1) is 0 Å². The maximum Gasteiger partial charge on any atom is 0.411 e. The zero-order valence-corrected chi connectivity index (χ0v) is 52.6. The van der Waals surface area contributed by atoms with Crippen molar-refractivity contribution in [3.63, 3.8) is 0 Å². The number of nitriles is 1. The van der Waals surface area contributed by atoms with Gasteiger partial charge in [0.05, 0.1) is 0 Å². The Balaban J connectivity index is 0.000000308. The lowest BCUT2D eigenvalue weighted by atomic mass is 9.79. The number of ether oxygens (including phenoxy) is 4. The van der Waals surface area contributed by atoms with Crippen molar-refractivity contribution in [2.45, 2.75) is 263 Å². The Hall–Kier alpha value is -4.66. The van der Waals surface area contributed by atoms with E-state index < -0.39 is 12.2 Å². The Bertz CT molecular complexity index is 2150. The van der Waals surface area contributed by atoms with E-state index in [0.717, 1.165) is 94.6 Å². The summed E-state index contributed by atoms with van der Waals surface area (Å²) in [7, 11) is 8.56. The van der Waals surface area contributed by atoms with Gasteiger partial charge in [-0.05, 0) is 194 Å². The molecule has 2 aromatic carbocycles. The largest absolute Gasteiger partial charge is 0.446 e. The third kappa shape index (κ3) is 19.5. The highest BCUT2D eigenvalue weighted by atomic mass is 16.6. The molecule has 16 heteroatoms. The quantitative estimate of drug-likeness (QED) is 0.0798. The van der Waals surface area contributed by atoms with E-state index in [1.165, 1.54) is 0 Å². The summed E-state index contributed by atoms with van der Waals surface area (Å²) in [6, 6.07) is 15.6. The molecule has 4 aliphatic rings. The number of likely N-dealkylation sites (tertiary alicyclic amines) is 4. The van der Waals surface area contributed by atoms with E-state index in [2.05, 4.69) is 175 Å². The van der Waals surface area contributed by atoms with Crippen LogP contribution in [0.1, 0.15) is 199 Å². The predicted molar refractivity (Wildman–Crippen MR) is 318 cm³/mol. The van der Waals surface area contributed by atoms with Gasteiger partial charge in [0.1, 0.15) is 24.4 Å². The number of carbonyl (C=O) groups is 3. The molecule has 16 nitrogen and oxygen atoms in total. The van der Waals surface area contributed by atoms with Gasteiger partial charge < -0.3 is 29.4 Å². The number of carbonyl (C=O) groups excluding carboxylic acids is 3. The van der Waals surface area contributed by atoms with Gasteiger partial charge >= 0.3 is 18.3 Å². The Morgan fingerprint density at radius 1 is 0.468 bits per heavy atom. The second-order valence-corrected chi connectivity index (χ2v) is 28.2. The molecule has 0 spiro atoms. The smallest absolute Gasteiger partial charge is 0.411 e. The van der Waals surface area contributed by atoms with Crippen molar-refractivity contribution in [2.75, 3.05) is 52.0 Å². The van der Waals surface area contributed by atoms with Crippen LogP contribution >= 0.6 is 0 Å². The zero-order valence-electron chi connectivity index (χ0n) is 52.6. The summed E-state index contributed by atoms with van der Waals surface area (Å²) in [5, 5.41) is 25.8. The van der Waals surface area contributed by atoms with E-state index in [0.29, 0.717) is 17.9 Å². The van der Waals surface area contributed by atoms with E-state index in [-0.39, 0.29) is 81.4 Å². The van der Waals surface area contributed by atoms with Crippen LogP contribution in [0, 0.1) is 11.5 Å². The number of anilines is 2. The normalized spacial score (nSPS) is 22.7. The molecule has 0 atom stereocenters. The Kier molecular flexibility index (Phi) is 22.8. The van der Waals surface area contributed by atoms with E-state index in [1.807, 2.05) is 54.8 Å². The highest BCUT2D eigenvalue weighted by Gasteiger charge is 2.47. The first-order valence-electron chi connectivity index (χ1n) is 29.0. The van der Waals surface area contributed by atoms with Crippen LogP contribution in [0.2, 0.25) is 0 Å². The van der Waals surface area contributed by atoms with Crippen molar-refractivity contribution in [3.8, 4) is 6.26 Å². The summed E-state index contributed by atoms with van der Waals surface area (Å²) >= 11 is 0. The lowest BCUT2D eigenvalue weighted by Gasteiger charge is -2.53. The fourth-order valence-corrected chi connectivity index (χ4v) is 12.7. The van der Waals surface area contributed by atoms with Crippen LogP contribution in [0.3, 0.4) is 0 Å². The third-order valence-corrected chi connectivity index (χ3v) is 18.3. The molecule has 4 heterocycles. The maximum absolute atomic E-state index is 12.7. The lowest BCUT2D eigenvalue weighted by Crippen LogP contribution is -2.60. The first kappa shape index (κ1) is 66.8. The molecule has 6 rings (SSSR count). The zero-order chi connectivity index (χ0) is 59.6. The molecule has 4 saturated heterocycles. The predicted octanol–water partition coefficient (Wildman–Crippen LogP) is 12.7. The summed E-state index contributed by atoms with van der Waals surface area (Å²) in [6.07, 6.45) is 11.7. The number of hydrogen-bond donors (Lipinski definition) is 4.